The summed E-state index contributed by atoms with van der Waals surface area (Å²) in [6.07, 6.45) is 0.0289. The number of amides is 1. The lowest BCUT2D eigenvalue weighted by atomic mass is 10.1. The Bertz CT molecular complexity index is 927. The zero-order valence-corrected chi connectivity index (χ0v) is 16.0. The van der Waals surface area contributed by atoms with E-state index in [9.17, 15) is 14.7 Å². The molecule has 3 rings (SSSR count). The van der Waals surface area contributed by atoms with Crippen LogP contribution in [0.3, 0.4) is 0 Å². The van der Waals surface area contributed by atoms with E-state index in [0.29, 0.717) is 11.3 Å². The average molecular weight is 431 g/mol. The number of hydrogen-bond acceptors (Lipinski definition) is 4. The molecular formula is C19H15BrN2O3S. The van der Waals surface area contributed by atoms with Crippen molar-refractivity contribution < 1.29 is 14.7 Å². The molecular weight excluding hydrogens is 416 g/mol. The summed E-state index contributed by atoms with van der Waals surface area (Å²) in [5, 5.41) is 14.6. The predicted molar refractivity (Wildman–Crippen MR) is 104 cm³/mol. The van der Waals surface area contributed by atoms with Crippen LogP contribution in [0.4, 0.5) is 0 Å². The summed E-state index contributed by atoms with van der Waals surface area (Å²) in [7, 11) is 0. The Hall–Kier alpha value is -2.51. The summed E-state index contributed by atoms with van der Waals surface area (Å²) < 4.78 is 0.955. The van der Waals surface area contributed by atoms with Gasteiger partial charge in [0.05, 0.1) is 12.1 Å². The van der Waals surface area contributed by atoms with Crippen molar-refractivity contribution in [2.75, 3.05) is 0 Å². The molecule has 0 aliphatic rings. The summed E-state index contributed by atoms with van der Waals surface area (Å²) >= 11 is 4.87. The van der Waals surface area contributed by atoms with E-state index < -0.39 is 12.0 Å². The van der Waals surface area contributed by atoms with Gasteiger partial charge in [-0.05, 0) is 17.7 Å². The minimum Gasteiger partial charge on any atom is -0.479 e. The number of hydrogen-bond donors (Lipinski definition) is 2. The van der Waals surface area contributed by atoms with Crippen molar-refractivity contribution in [1.82, 2.24) is 10.3 Å². The maximum atomic E-state index is 12.3. The van der Waals surface area contributed by atoms with Crippen molar-refractivity contribution in [3.63, 3.8) is 0 Å². The molecule has 0 fully saturated rings. The van der Waals surface area contributed by atoms with Crippen LogP contribution in [0.5, 0.6) is 0 Å². The summed E-state index contributed by atoms with van der Waals surface area (Å²) in [5.41, 5.74) is 2.10. The zero-order valence-electron chi connectivity index (χ0n) is 13.6. The Balaban J connectivity index is 1.69. The summed E-state index contributed by atoms with van der Waals surface area (Å²) in [5.74, 6) is -1.48. The van der Waals surface area contributed by atoms with Gasteiger partial charge in [0.15, 0.2) is 6.04 Å². The van der Waals surface area contributed by atoms with Crippen molar-refractivity contribution in [3.8, 4) is 10.6 Å². The third kappa shape index (κ3) is 4.56. The van der Waals surface area contributed by atoms with Crippen molar-refractivity contribution in [1.29, 1.82) is 0 Å². The second-order valence-corrected chi connectivity index (χ2v) is 7.35. The number of carboxylic acid groups (broad SMARTS) is 1. The van der Waals surface area contributed by atoms with Crippen molar-refractivity contribution in [3.05, 3.63) is 75.7 Å². The molecule has 26 heavy (non-hydrogen) atoms. The van der Waals surface area contributed by atoms with Crippen molar-refractivity contribution >= 4 is 39.1 Å². The molecule has 7 heteroatoms. The highest BCUT2D eigenvalue weighted by atomic mass is 79.9. The molecule has 1 aromatic heterocycles. The average Bonchev–Trinajstić information content (AvgIpc) is 3.08. The lowest BCUT2D eigenvalue weighted by molar-refractivity contribution is -0.142. The highest BCUT2D eigenvalue weighted by Gasteiger charge is 2.22. The van der Waals surface area contributed by atoms with E-state index in [1.165, 1.54) is 11.3 Å². The molecule has 1 amide bonds. The molecule has 2 N–H and O–H groups in total. The minimum atomic E-state index is -1.10. The largest absolute Gasteiger partial charge is 0.479 e. The highest BCUT2D eigenvalue weighted by Crippen LogP contribution is 2.26. The molecule has 1 unspecified atom stereocenters. The first-order valence-electron chi connectivity index (χ1n) is 7.80. The Kier molecular flexibility index (Phi) is 5.80. The molecule has 0 aliphatic heterocycles. The lowest BCUT2D eigenvalue weighted by Crippen LogP contribution is -2.34. The first kappa shape index (κ1) is 18.3. The molecule has 1 atom stereocenters. The summed E-state index contributed by atoms with van der Waals surface area (Å²) in [6.45, 7) is 0. The van der Waals surface area contributed by atoms with E-state index in [4.69, 9.17) is 0 Å². The third-order valence-electron chi connectivity index (χ3n) is 3.65. The minimum absolute atomic E-state index is 0.0289. The molecule has 0 saturated carbocycles. The Morgan fingerprint density at radius 1 is 1.15 bits per heavy atom. The fourth-order valence-corrected chi connectivity index (χ4v) is 3.67. The Labute approximate surface area is 162 Å². The number of aromatic nitrogens is 1. The fraction of sp³-hybridized carbons (Fsp3) is 0.105. The maximum Gasteiger partial charge on any atom is 0.330 e. The number of nitrogens with zero attached hydrogens (tertiary/aromatic N) is 1. The van der Waals surface area contributed by atoms with E-state index in [1.807, 2.05) is 29.6 Å². The SMILES string of the molecule is O=C(Cc1csc(-c2cccc(Br)c2)n1)NC(C(=O)O)c1ccccc1. The Morgan fingerprint density at radius 3 is 2.62 bits per heavy atom. The quantitative estimate of drug-likeness (QED) is 0.617. The number of benzene rings is 2. The number of thiazole rings is 1. The zero-order chi connectivity index (χ0) is 18.5. The van der Waals surface area contributed by atoms with Gasteiger partial charge < -0.3 is 10.4 Å². The smallest absolute Gasteiger partial charge is 0.330 e. The van der Waals surface area contributed by atoms with Crippen LogP contribution in [0.15, 0.2) is 64.5 Å². The number of carbonyl (C=O) groups excluding carboxylic acids is 1. The number of carboxylic acids is 1. The van der Waals surface area contributed by atoms with Gasteiger partial charge in [0.1, 0.15) is 5.01 Å². The van der Waals surface area contributed by atoms with Crippen LogP contribution in [0, 0.1) is 0 Å². The lowest BCUT2D eigenvalue weighted by Gasteiger charge is -2.14. The Morgan fingerprint density at radius 2 is 1.92 bits per heavy atom. The fourth-order valence-electron chi connectivity index (χ4n) is 2.45. The summed E-state index contributed by atoms with van der Waals surface area (Å²) in [6, 6.07) is 15.3. The highest BCUT2D eigenvalue weighted by molar-refractivity contribution is 9.10. The van der Waals surface area contributed by atoms with Gasteiger partial charge in [0, 0.05) is 15.4 Å². The van der Waals surface area contributed by atoms with Crippen LogP contribution < -0.4 is 5.32 Å². The number of nitrogens with one attached hydrogen (secondary N) is 1. The van der Waals surface area contributed by atoms with Gasteiger partial charge in [0.25, 0.3) is 0 Å². The molecule has 5 nitrogen and oxygen atoms in total. The first-order chi connectivity index (χ1) is 12.5. The normalized spacial score (nSPS) is 11.7. The maximum absolute atomic E-state index is 12.3. The van der Waals surface area contributed by atoms with E-state index in [2.05, 4.69) is 26.2 Å². The predicted octanol–water partition coefficient (Wildman–Crippen LogP) is 4.06. The van der Waals surface area contributed by atoms with Crippen LogP contribution in [-0.2, 0) is 16.0 Å². The van der Waals surface area contributed by atoms with E-state index >= 15 is 0 Å². The van der Waals surface area contributed by atoms with Crippen LogP contribution in [0.25, 0.3) is 10.6 Å². The number of aliphatic carboxylic acids is 1. The second-order valence-electron chi connectivity index (χ2n) is 5.58. The molecule has 0 spiro atoms. The number of halogens is 1. The number of carbonyl (C=O) groups is 2. The molecule has 3 aromatic rings. The van der Waals surface area contributed by atoms with Crippen LogP contribution >= 0.6 is 27.3 Å². The van der Waals surface area contributed by atoms with Gasteiger partial charge in [-0.1, -0.05) is 58.4 Å². The molecule has 0 bridgehead atoms. The van der Waals surface area contributed by atoms with Gasteiger partial charge in [-0.2, -0.15) is 0 Å². The van der Waals surface area contributed by atoms with E-state index in [0.717, 1.165) is 15.0 Å². The van der Waals surface area contributed by atoms with E-state index in [1.54, 1.807) is 30.3 Å². The van der Waals surface area contributed by atoms with Crippen LogP contribution in [0.2, 0.25) is 0 Å². The monoisotopic (exact) mass is 430 g/mol. The van der Waals surface area contributed by atoms with Crippen LogP contribution in [-0.4, -0.2) is 22.0 Å². The molecule has 2 aromatic carbocycles. The van der Waals surface area contributed by atoms with Gasteiger partial charge in [-0.3, -0.25) is 4.79 Å². The van der Waals surface area contributed by atoms with Crippen LogP contribution in [0.1, 0.15) is 17.3 Å². The van der Waals surface area contributed by atoms with Gasteiger partial charge in [-0.15, -0.1) is 11.3 Å². The molecule has 0 radical (unpaired) electrons. The molecule has 0 aliphatic carbocycles. The first-order valence-corrected chi connectivity index (χ1v) is 9.47. The van der Waals surface area contributed by atoms with E-state index in [-0.39, 0.29) is 12.3 Å². The van der Waals surface area contributed by atoms with Crippen molar-refractivity contribution in [2.45, 2.75) is 12.5 Å². The molecule has 1 heterocycles. The van der Waals surface area contributed by atoms with Gasteiger partial charge in [-0.25, -0.2) is 9.78 Å². The molecule has 132 valence electrons. The standard InChI is InChI=1S/C19H15BrN2O3S/c20-14-8-4-7-13(9-14)18-21-15(11-26-18)10-16(23)22-17(19(24)25)12-5-2-1-3-6-12/h1-9,11,17H,10H2,(H,22,23)(H,24,25). The summed E-state index contributed by atoms with van der Waals surface area (Å²) in [4.78, 5) is 28.2. The second kappa shape index (κ2) is 8.25. The van der Waals surface area contributed by atoms with Crippen molar-refractivity contribution in [2.24, 2.45) is 0 Å². The third-order valence-corrected chi connectivity index (χ3v) is 5.08. The van der Waals surface area contributed by atoms with Gasteiger partial charge in [0.2, 0.25) is 5.91 Å². The topological polar surface area (TPSA) is 79.3 Å². The van der Waals surface area contributed by atoms with Gasteiger partial charge >= 0.3 is 5.97 Å². The number of rotatable bonds is 6. The molecule has 0 saturated heterocycles.